The van der Waals surface area contributed by atoms with Gasteiger partial charge in [0.2, 0.25) is 0 Å². The van der Waals surface area contributed by atoms with Crippen molar-refractivity contribution in [2.24, 2.45) is 0 Å². The van der Waals surface area contributed by atoms with Crippen LogP contribution in [0.5, 0.6) is 0 Å². The molecule has 0 aliphatic rings. The lowest BCUT2D eigenvalue weighted by Gasteiger charge is -2.06. The molecule has 1 aromatic carbocycles. The van der Waals surface area contributed by atoms with Crippen LogP contribution in [0.25, 0.3) is 11.1 Å². The topological polar surface area (TPSA) is 44.1 Å². The highest BCUT2D eigenvalue weighted by Crippen LogP contribution is 2.18. The molecule has 0 aliphatic carbocycles. The summed E-state index contributed by atoms with van der Waals surface area (Å²) in [6, 6.07) is 9.98. The fraction of sp³-hybridized carbons (Fsp3) is 0.231. The van der Waals surface area contributed by atoms with Crippen molar-refractivity contribution in [3.05, 3.63) is 42.7 Å². The zero-order valence-electron chi connectivity index (χ0n) is 9.91. The standard InChI is InChI=1S/C13H13BrN2O2/c1-18-13(17)12(14)9-16-8-11(7-15-16)10-5-3-2-4-6-10/h2-8,12H,9H2,1H3. The fourth-order valence-electron chi connectivity index (χ4n) is 1.61. The maximum Gasteiger partial charge on any atom is 0.321 e. The number of carbonyl (C=O) groups is 1. The Bertz CT molecular complexity index is 525. The number of ether oxygens (including phenoxy) is 1. The van der Waals surface area contributed by atoms with Crippen molar-refractivity contribution >= 4 is 21.9 Å². The third-order valence-electron chi connectivity index (χ3n) is 2.54. The van der Waals surface area contributed by atoms with Crippen LogP contribution in [0.2, 0.25) is 0 Å². The first-order valence-corrected chi connectivity index (χ1v) is 6.42. The van der Waals surface area contributed by atoms with Gasteiger partial charge >= 0.3 is 5.97 Å². The second kappa shape index (κ2) is 5.82. The molecule has 18 heavy (non-hydrogen) atoms. The van der Waals surface area contributed by atoms with Crippen LogP contribution in [0, 0.1) is 0 Å². The van der Waals surface area contributed by atoms with E-state index >= 15 is 0 Å². The van der Waals surface area contributed by atoms with Crippen molar-refractivity contribution in [2.75, 3.05) is 7.11 Å². The number of hydrogen-bond acceptors (Lipinski definition) is 3. The minimum Gasteiger partial charge on any atom is -0.468 e. The van der Waals surface area contributed by atoms with Gasteiger partial charge in [-0.05, 0) is 5.56 Å². The van der Waals surface area contributed by atoms with Crippen LogP contribution in [0.15, 0.2) is 42.7 Å². The number of halogens is 1. The molecule has 2 rings (SSSR count). The van der Waals surface area contributed by atoms with Gasteiger partial charge in [-0.15, -0.1) is 0 Å². The lowest BCUT2D eigenvalue weighted by atomic mass is 10.1. The van der Waals surface area contributed by atoms with Gasteiger partial charge in [-0.1, -0.05) is 46.3 Å². The van der Waals surface area contributed by atoms with Crippen molar-refractivity contribution in [3.63, 3.8) is 0 Å². The van der Waals surface area contributed by atoms with E-state index in [0.717, 1.165) is 11.1 Å². The van der Waals surface area contributed by atoms with E-state index < -0.39 is 0 Å². The highest BCUT2D eigenvalue weighted by atomic mass is 79.9. The summed E-state index contributed by atoms with van der Waals surface area (Å²) in [6.07, 6.45) is 3.69. The molecular formula is C13H13BrN2O2. The summed E-state index contributed by atoms with van der Waals surface area (Å²) in [5.41, 5.74) is 2.13. The average Bonchev–Trinajstić information content (AvgIpc) is 2.87. The number of esters is 1. The van der Waals surface area contributed by atoms with Crippen molar-refractivity contribution in [1.29, 1.82) is 0 Å². The first-order chi connectivity index (χ1) is 8.70. The van der Waals surface area contributed by atoms with Crippen LogP contribution in [-0.4, -0.2) is 27.7 Å². The molecule has 0 amide bonds. The number of methoxy groups -OCH3 is 1. The molecule has 0 radical (unpaired) electrons. The maximum absolute atomic E-state index is 11.3. The summed E-state index contributed by atoms with van der Waals surface area (Å²) >= 11 is 3.27. The Morgan fingerprint density at radius 2 is 2.11 bits per heavy atom. The molecule has 0 aliphatic heterocycles. The number of hydrogen-bond donors (Lipinski definition) is 0. The summed E-state index contributed by atoms with van der Waals surface area (Å²) in [6.45, 7) is 0.444. The SMILES string of the molecule is COC(=O)C(Br)Cn1cc(-c2ccccc2)cn1. The number of alkyl halides is 1. The van der Waals surface area contributed by atoms with Crippen LogP contribution >= 0.6 is 15.9 Å². The quantitative estimate of drug-likeness (QED) is 0.644. The van der Waals surface area contributed by atoms with E-state index in [1.165, 1.54) is 7.11 Å². The number of nitrogens with zero attached hydrogens (tertiary/aromatic N) is 2. The van der Waals surface area contributed by atoms with Crippen molar-refractivity contribution in [3.8, 4) is 11.1 Å². The van der Waals surface area contributed by atoms with E-state index in [0.29, 0.717) is 6.54 Å². The first-order valence-electron chi connectivity index (χ1n) is 5.50. The largest absolute Gasteiger partial charge is 0.468 e. The molecule has 0 saturated carbocycles. The molecule has 1 atom stereocenters. The smallest absolute Gasteiger partial charge is 0.321 e. The molecule has 2 aromatic rings. The molecule has 0 bridgehead atoms. The Morgan fingerprint density at radius 3 is 2.78 bits per heavy atom. The van der Waals surface area contributed by atoms with Crippen LogP contribution in [0.4, 0.5) is 0 Å². The fourth-order valence-corrected chi connectivity index (χ4v) is 2.09. The molecule has 0 saturated heterocycles. The summed E-state index contributed by atoms with van der Waals surface area (Å²) in [4.78, 5) is 10.9. The lowest BCUT2D eigenvalue weighted by Crippen LogP contribution is -2.21. The highest BCUT2D eigenvalue weighted by Gasteiger charge is 2.16. The molecule has 5 heteroatoms. The zero-order valence-corrected chi connectivity index (χ0v) is 11.5. The van der Waals surface area contributed by atoms with Gasteiger partial charge in [0.25, 0.3) is 0 Å². The van der Waals surface area contributed by atoms with Crippen molar-refractivity contribution in [1.82, 2.24) is 9.78 Å². The Labute approximate surface area is 114 Å². The third-order valence-corrected chi connectivity index (χ3v) is 3.21. The summed E-state index contributed by atoms with van der Waals surface area (Å²) in [5, 5.41) is 4.23. The van der Waals surface area contributed by atoms with E-state index in [-0.39, 0.29) is 10.8 Å². The predicted molar refractivity (Wildman–Crippen MR) is 72.4 cm³/mol. The minimum atomic E-state index is -0.383. The van der Waals surface area contributed by atoms with Crippen LogP contribution in [0.1, 0.15) is 0 Å². The van der Waals surface area contributed by atoms with Gasteiger partial charge in [-0.25, -0.2) is 0 Å². The van der Waals surface area contributed by atoms with Gasteiger partial charge in [0.15, 0.2) is 0 Å². The molecule has 0 fully saturated rings. The second-order valence-corrected chi connectivity index (χ2v) is 4.91. The molecule has 0 N–H and O–H groups in total. The van der Waals surface area contributed by atoms with Crippen LogP contribution in [-0.2, 0) is 16.1 Å². The highest BCUT2D eigenvalue weighted by molar-refractivity contribution is 9.10. The van der Waals surface area contributed by atoms with E-state index in [9.17, 15) is 4.79 Å². The van der Waals surface area contributed by atoms with E-state index in [2.05, 4.69) is 25.8 Å². The Balaban J connectivity index is 2.09. The Hall–Kier alpha value is -1.62. The summed E-state index contributed by atoms with van der Waals surface area (Å²) < 4.78 is 6.37. The van der Waals surface area contributed by atoms with Gasteiger partial charge in [0, 0.05) is 11.8 Å². The van der Waals surface area contributed by atoms with E-state index in [1.54, 1.807) is 10.9 Å². The first kappa shape index (κ1) is 12.8. The summed E-state index contributed by atoms with van der Waals surface area (Å²) in [7, 11) is 1.37. The Morgan fingerprint density at radius 1 is 1.39 bits per heavy atom. The molecule has 1 aromatic heterocycles. The predicted octanol–water partition coefficient (Wildman–Crippen LogP) is 2.49. The average molecular weight is 309 g/mol. The van der Waals surface area contributed by atoms with Gasteiger partial charge < -0.3 is 4.74 Å². The van der Waals surface area contributed by atoms with Gasteiger partial charge in [-0.3, -0.25) is 9.48 Å². The number of rotatable bonds is 4. The van der Waals surface area contributed by atoms with Gasteiger partial charge in [0.05, 0.1) is 19.9 Å². The molecular weight excluding hydrogens is 296 g/mol. The number of carbonyl (C=O) groups excluding carboxylic acids is 1. The third kappa shape index (κ3) is 2.98. The molecule has 94 valence electrons. The van der Waals surface area contributed by atoms with Crippen LogP contribution in [0.3, 0.4) is 0 Å². The molecule has 1 unspecified atom stereocenters. The normalized spacial score (nSPS) is 12.1. The monoisotopic (exact) mass is 308 g/mol. The number of aromatic nitrogens is 2. The van der Waals surface area contributed by atoms with E-state index in [4.69, 9.17) is 0 Å². The van der Waals surface area contributed by atoms with Gasteiger partial charge in [0.1, 0.15) is 4.83 Å². The Kier molecular flexibility index (Phi) is 4.15. The van der Waals surface area contributed by atoms with E-state index in [1.807, 2.05) is 36.5 Å². The summed E-state index contributed by atoms with van der Waals surface area (Å²) in [5.74, 6) is -0.299. The molecule has 1 heterocycles. The molecule has 4 nitrogen and oxygen atoms in total. The van der Waals surface area contributed by atoms with Crippen molar-refractivity contribution in [2.45, 2.75) is 11.4 Å². The lowest BCUT2D eigenvalue weighted by molar-refractivity contribution is -0.140. The zero-order chi connectivity index (χ0) is 13.0. The van der Waals surface area contributed by atoms with Crippen molar-refractivity contribution < 1.29 is 9.53 Å². The molecule has 0 spiro atoms. The van der Waals surface area contributed by atoms with Crippen LogP contribution < -0.4 is 0 Å². The van der Waals surface area contributed by atoms with Gasteiger partial charge in [-0.2, -0.15) is 5.10 Å². The second-order valence-electron chi connectivity index (χ2n) is 3.81. The number of benzene rings is 1. The minimum absolute atomic E-state index is 0.299. The maximum atomic E-state index is 11.3.